The number of sulfonamides is 1. The van der Waals surface area contributed by atoms with Crippen molar-refractivity contribution in [3.63, 3.8) is 0 Å². The van der Waals surface area contributed by atoms with Gasteiger partial charge < -0.3 is 10.5 Å². The van der Waals surface area contributed by atoms with Crippen molar-refractivity contribution >= 4 is 10.0 Å². The molecule has 0 atom stereocenters. The summed E-state index contributed by atoms with van der Waals surface area (Å²) in [6, 6.07) is 0.276. The summed E-state index contributed by atoms with van der Waals surface area (Å²) in [6.45, 7) is 1.66. The summed E-state index contributed by atoms with van der Waals surface area (Å²) >= 11 is 0. The summed E-state index contributed by atoms with van der Waals surface area (Å²) in [5, 5.41) is -0.269. The first-order valence-corrected chi connectivity index (χ1v) is 7.44. The first-order chi connectivity index (χ1) is 7.58. The van der Waals surface area contributed by atoms with Gasteiger partial charge in [-0.3, -0.25) is 0 Å². The molecule has 2 fully saturated rings. The van der Waals surface area contributed by atoms with Crippen molar-refractivity contribution in [2.45, 2.75) is 37.0 Å². The van der Waals surface area contributed by atoms with Gasteiger partial charge in [0.25, 0.3) is 0 Å². The Morgan fingerprint density at radius 2 is 1.88 bits per heavy atom. The van der Waals surface area contributed by atoms with Gasteiger partial charge in [-0.2, -0.15) is 0 Å². The molecular formula is C10H20N2O3S. The van der Waals surface area contributed by atoms with Gasteiger partial charge in [-0.25, -0.2) is 13.1 Å². The lowest BCUT2D eigenvalue weighted by atomic mass is 9.81. The van der Waals surface area contributed by atoms with Crippen LogP contribution in [0.4, 0.5) is 0 Å². The average molecular weight is 248 g/mol. The first-order valence-electron chi connectivity index (χ1n) is 5.90. The van der Waals surface area contributed by atoms with Crippen LogP contribution in [0.25, 0.3) is 0 Å². The minimum Gasteiger partial charge on any atom is -0.381 e. The largest absolute Gasteiger partial charge is 0.381 e. The average Bonchev–Trinajstić information content (AvgIpc) is 2.24. The van der Waals surface area contributed by atoms with Gasteiger partial charge in [0.15, 0.2) is 0 Å². The van der Waals surface area contributed by atoms with Gasteiger partial charge in [-0.15, -0.1) is 0 Å². The SMILES string of the molecule is NC1CC(CNS(=O)(=O)C2CCOCC2)C1. The number of ether oxygens (including phenoxy) is 1. The fraction of sp³-hybridized carbons (Fsp3) is 1.00. The van der Waals surface area contributed by atoms with E-state index in [0.717, 1.165) is 12.8 Å². The quantitative estimate of drug-likeness (QED) is 0.723. The van der Waals surface area contributed by atoms with Crippen LogP contribution in [0.5, 0.6) is 0 Å². The Hall–Kier alpha value is -0.170. The van der Waals surface area contributed by atoms with Crippen LogP contribution < -0.4 is 10.5 Å². The molecule has 0 radical (unpaired) electrons. The molecule has 16 heavy (non-hydrogen) atoms. The Morgan fingerprint density at radius 3 is 2.44 bits per heavy atom. The highest BCUT2D eigenvalue weighted by atomic mass is 32.2. The second kappa shape index (κ2) is 5.00. The highest BCUT2D eigenvalue weighted by Gasteiger charge is 2.31. The molecule has 0 aromatic rings. The van der Waals surface area contributed by atoms with Crippen molar-refractivity contribution in [2.75, 3.05) is 19.8 Å². The van der Waals surface area contributed by atoms with Crippen LogP contribution in [0.2, 0.25) is 0 Å². The van der Waals surface area contributed by atoms with Crippen molar-refractivity contribution in [3.05, 3.63) is 0 Å². The zero-order valence-electron chi connectivity index (χ0n) is 9.39. The molecule has 2 aliphatic rings. The standard InChI is InChI=1S/C10H20N2O3S/c11-9-5-8(6-9)7-12-16(13,14)10-1-3-15-4-2-10/h8-10,12H,1-7,11H2. The maximum Gasteiger partial charge on any atom is 0.214 e. The van der Waals surface area contributed by atoms with Gasteiger partial charge in [0, 0.05) is 25.8 Å². The first kappa shape index (κ1) is 12.3. The van der Waals surface area contributed by atoms with Crippen molar-refractivity contribution < 1.29 is 13.2 Å². The molecule has 0 bridgehead atoms. The van der Waals surface area contributed by atoms with Gasteiger partial charge in [-0.05, 0) is 31.6 Å². The van der Waals surface area contributed by atoms with Crippen LogP contribution in [0.15, 0.2) is 0 Å². The monoisotopic (exact) mass is 248 g/mol. The highest BCUT2D eigenvalue weighted by Crippen LogP contribution is 2.25. The minimum atomic E-state index is -3.14. The third-order valence-electron chi connectivity index (χ3n) is 3.45. The van der Waals surface area contributed by atoms with E-state index in [2.05, 4.69) is 4.72 Å². The van der Waals surface area contributed by atoms with Gasteiger partial charge in [0.2, 0.25) is 10.0 Å². The van der Waals surface area contributed by atoms with Crippen LogP contribution in [0.1, 0.15) is 25.7 Å². The molecule has 0 amide bonds. The van der Waals surface area contributed by atoms with Crippen molar-refractivity contribution in [3.8, 4) is 0 Å². The van der Waals surface area contributed by atoms with Crippen molar-refractivity contribution in [1.29, 1.82) is 0 Å². The molecule has 0 aromatic heterocycles. The molecule has 2 rings (SSSR count). The third kappa shape index (κ3) is 2.94. The van der Waals surface area contributed by atoms with E-state index in [9.17, 15) is 8.42 Å². The van der Waals surface area contributed by atoms with Crippen LogP contribution >= 0.6 is 0 Å². The minimum absolute atomic E-state index is 0.269. The molecule has 6 heteroatoms. The van der Waals surface area contributed by atoms with Crippen LogP contribution in [0.3, 0.4) is 0 Å². The Balaban J connectivity index is 1.78. The Morgan fingerprint density at radius 1 is 1.25 bits per heavy atom. The second-order valence-electron chi connectivity index (χ2n) is 4.80. The summed E-state index contributed by atoms with van der Waals surface area (Å²) < 4.78 is 31.7. The molecule has 1 aliphatic heterocycles. The summed E-state index contributed by atoms with van der Waals surface area (Å²) in [5.41, 5.74) is 5.66. The van der Waals surface area contributed by atoms with E-state index in [0.29, 0.717) is 38.5 Å². The maximum atomic E-state index is 11.9. The van der Waals surface area contributed by atoms with Gasteiger partial charge >= 0.3 is 0 Å². The van der Waals surface area contributed by atoms with Crippen LogP contribution in [-0.4, -0.2) is 39.5 Å². The van der Waals surface area contributed by atoms with E-state index in [-0.39, 0.29) is 11.3 Å². The van der Waals surface area contributed by atoms with E-state index in [1.165, 1.54) is 0 Å². The predicted octanol–water partition coefficient (Wildman–Crippen LogP) is -0.178. The Kier molecular flexibility index (Phi) is 3.84. The molecule has 1 heterocycles. The number of hydrogen-bond donors (Lipinski definition) is 2. The van der Waals surface area contributed by atoms with Crippen molar-refractivity contribution in [2.24, 2.45) is 11.7 Å². The maximum absolute atomic E-state index is 11.9. The summed E-state index contributed by atoms with van der Waals surface area (Å²) in [6.07, 6.45) is 3.10. The molecule has 3 N–H and O–H groups in total. The molecule has 1 saturated carbocycles. The molecule has 0 spiro atoms. The second-order valence-corrected chi connectivity index (χ2v) is 6.85. The third-order valence-corrected chi connectivity index (χ3v) is 5.37. The molecule has 0 unspecified atom stereocenters. The number of hydrogen-bond acceptors (Lipinski definition) is 4. The lowest BCUT2D eigenvalue weighted by molar-refractivity contribution is 0.0980. The fourth-order valence-corrected chi connectivity index (χ4v) is 3.81. The number of nitrogens with two attached hydrogens (primary N) is 1. The van der Waals surface area contributed by atoms with E-state index in [4.69, 9.17) is 10.5 Å². The number of nitrogens with one attached hydrogen (secondary N) is 1. The molecule has 5 nitrogen and oxygen atoms in total. The smallest absolute Gasteiger partial charge is 0.214 e. The molecule has 0 aromatic carbocycles. The fourth-order valence-electron chi connectivity index (χ4n) is 2.29. The van der Waals surface area contributed by atoms with Gasteiger partial charge in [-0.1, -0.05) is 0 Å². The topological polar surface area (TPSA) is 81.4 Å². The van der Waals surface area contributed by atoms with E-state index in [1.54, 1.807) is 0 Å². The highest BCUT2D eigenvalue weighted by molar-refractivity contribution is 7.90. The van der Waals surface area contributed by atoms with Crippen LogP contribution in [0, 0.1) is 5.92 Å². The molecular weight excluding hydrogens is 228 g/mol. The zero-order chi connectivity index (χ0) is 11.6. The summed E-state index contributed by atoms with van der Waals surface area (Å²) in [5.74, 6) is 0.435. The van der Waals surface area contributed by atoms with Crippen LogP contribution in [-0.2, 0) is 14.8 Å². The van der Waals surface area contributed by atoms with E-state index < -0.39 is 10.0 Å². The van der Waals surface area contributed by atoms with Crippen molar-refractivity contribution in [1.82, 2.24) is 4.72 Å². The molecule has 1 aliphatic carbocycles. The predicted molar refractivity (Wildman–Crippen MR) is 61.5 cm³/mol. The molecule has 1 saturated heterocycles. The lowest BCUT2D eigenvalue weighted by Crippen LogP contribution is -2.45. The normalized spacial score (nSPS) is 32.3. The summed E-state index contributed by atoms with van der Waals surface area (Å²) in [4.78, 5) is 0. The zero-order valence-corrected chi connectivity index (χ0v) is 10.2. The summed E-state index contributed by atoms with van der Waals surface area (Å²) in [7, 11) is -3.14. The van der Waals surface area contributed by atoms with E-state index >= 15 is 0 Å². The van der Waals surface area contributed by atoms with E-state index in [1.807, 2.05) is 0 Å². The van der Waals surface area contributed by atoms with Gasteiger partial charge in [0.1, 0.15) is 0 Å². The Bertz CT molecular complexity index is 319. The lowest BCUT2D eigenvalue weighted by Gasteiger charge is -2.33. The van der Waals surface area contributed by atoms with Gasteiger partial charge in [0.05, 0.1) is 5.25 Å². The number of rotatable bonds is 4. The Labute approximate surface area is 96.8 Å². The molecule has 94 valence electrons.